The molecule has 0 aliphatic carbocycles. The van der Waals surface area contributed by atoms with Crippen LogP contribution in [0.3, 0.4) is 0 Å². The molecule has 0 fully saturated rings. The van der Waals surface area contributed by atoms with Gasteiger partial charge in [0.05, 0.1) is 14.2 Å². The Kier molecular flexibility index (Phi) is 4.36. The van der Waals surface area contributed by atoms with E-state index < -0.39 is 0 Å². The van der Waals surface area contributed by atoms with Gasteiger partial charge in [-0.2, -0.15) is 0 Å². The van der Waals surface area contributed by atoms with Crippen LogP contribution < -0.4 is 9.47 Å². The molecular formula is C22H21NO4. The highest BCUT2D eigenvalue weighted by Gasteiger charge is 2.23. The Labute approximate surface area is 157 Å². The Balaban J connectivity index is 1.61. The standard InChI is InChI=1S/C22H21NO4/c1-26-20-11-16-7-8-23(13-18(16)12-21(20)27-2)22(25)17-4-3-15-10-19(24)6-5-14(15)9-17/h3-6,9-12,24H,7-8,13H2,1-2H3. The first kappa shape index (κ1) is 17.2. The summed E-state index contributed by atoms with van der Waals surface area (Å²) in [5, 5.41) is 11.4. The van der Waals surface area contributed by atoms with Crippen molar-refractivity contribution in [3.8, 4) is 17.2 Å². The van der Waals surface area contributed by atoms with E-state index in [1.54, 1.807) is 26.4 Å². The molecule has 0 atom stereocenters. The van der Waals surface area contributed by atoms with Gasteiger partial charge >= 0.3 is 0 Å². The van der Waals surface area contributed by atoms with Crippen LogP contribution in [0.25, 0.3) is 10.8 Å². The van der Waals surface area contributed by atoms with Crippen molar-refractivity contribution in [1.82, 2.24) is 4.90 Å². The fourth-order valence-electron chi connectivity index (χ4n) is 3.61. The number of benzene rings is 3. The molecule has 3 aromatic rings. The Morgan fingerprint density at radius 3 is 2.33 bits per heavy atom. The van der Waals surface area contributed by atoms with Crippen molar-refractivity contribution in [2.45, 2.75) is 13.0 Å². The number of amides is 1. The molecule has 27 heavy (non-hydrogen) atoms. The Morgan fingerprint density at radius 2 is 1.59 bits per heavy atom. The molecule has 5 heteroatoms. The predicted octanol–water partition coefficient (Wildman–Crippen LogP) is 3.76. The van der Waals surface area contributed by atoms with Gasteiger partial charge < -0.3 is 19.5 Å². The second-order valence-corrected chi connectivity index (χ2v) is 6.70. The average Bonchev–Trinajstić information content (AvgIpc) is 2.71. The molecule has 0 saturated heterocycles. The molecule has 5 nitrogen and oxygen atoms in total. The maximum absolute atomic E-state index is 13.0. The van der Waals surface area contributed by atoms with Crippen LogP contribution in [0.4, 0.5) is 0 Å². The number of carbonyl (C=O) groups excluding carboxylic acids is 1. The minimum absolute atomic E-state index is 0.00501. The number of nitrogens with zero attached hydrogens (tertiary/aromatic N) is 1. The van der Waals surface area contributed by atoms with Gasteiger partial charge in [-0.15, -0.1) is 0 Å². The molecule has 1 aliphatic heterocycles. The topological polar surface area (TPSA) is 59.0 Å². The highest BCUT2D eigenvalue weighted by atomic mass is 16.5. The molecule has 1 N–H and O–H groups in total. The molecular weight excluding hydrogens is 342 g/mol. The summed E-state index contributed by atoms with van der Waals surface area (Å²) < 4.78 is 10.8. The lowest BCUT2D eigenvalue weighted by Crippen LogP contribution is -2.36. The zero-order valence-corrected chi connectivity index (χ0v) is 15.4. The van der Waals surface area contributed by atoms with Gasteiger partial charge in [0, 0.05) is 18.7 Å². The molecule has 138 valence electrons. The van der Waals surface area contributed by atoms with E-state index in [1.807, 2.05) is 41.3 Å². The first-order chi connectivity index (χ1) is 13.1. The third kappa shape index (κ3) is 3.16. The van der Waals surface area contributed by atoms with Crippen molar-refractivity contribution in [2.24, 2.45) is 0 Å². The molecule has 0 bridgehead atoms. The fourth-order valence-corrected chi connectivity index (χ4v) is 3.61. The van der Waals surface area contributed by atoms with Gasteiger partial charge in [-0.3, -0.25) is 4.79 Å². The summed E-state index contributed by atoms with van der Waals surface area (Å²) in [6.07, 6.45) is 0.781. The number of carbonyl (C=O) groups is 1. The third-order valence-corrected chi connectivity index (χ3v) is 5.08. The van der Waals surface area contributed by atoms with E-state index >= 15 is 0 Å². The molecule has 1 amide bonds. The molecule has 0 radical (unpaired) electrons. The molecule has 0 aromatic heterocycles. The maximum atomic E-state index is 13.0. The summed E-state index contributed by atoms with van der Waals surface area (Å²) >= 11 is 0. The van der Waals surface area contributed by atoms with E-state index in [1.165, 1.54) is 5.56 Å². The fraction of sp³-hybridized carbons (Fsp3) is 0.227. The van der Waals surface area contributed by atoms with Crippen LogP contribution in [0, 0.1) is 0 Å². The molecule has 0 saturated carbocycles. The first-order valence-electron chi connectivity index (χ1n) is 8.85. The number of hydrogen-bond donors (Lipinski definition) is 1. The summed E-state index contributed by atoms with van der Waals surface area (Å²) in [5.41, 5.74) is 2.92. The number of aromatic hydroxyl groups is 1. The normalized spacial score (nSPS) is 13.3. The van der Waals surface area contributed by atoms with Gasteiger partial charge in [-0.25, -0.2) is 0 Å². The summed E-state index contributed by atoms with van der Waals surface area (Å²) in [4.78, 5) is 14.9. The van der Waals surface area contributed by atoms with Crippen LogP contribution in [0.2, 0.25) is 0 Å². The largest absolute Gasteiger partial charge is 0.508 e. The molecule has 1 heterocycles. The maximum Gasteiger partial charge on any atom is 0.254 e. The second-order valence-electron chi connectivity index (χ2n) is 6.70. The van der Waals surface area contributed by atoms with Gasteiger partial charge in [0.15, 0.2) is 11.5 Å². The predicted molar refractivity (Wildman–Crippen MR) is 104 cm³/mol. The monoisotopic (exact) mass is 363 g/mol. The van der Waals surface area contributed by atoms with Gasteiger partial charge in [0.2, 0.25) is 0 Å². The van der Waals surface area contributed by atoms with Crippen molar-refractivity contribution in [2.75, 3.05) is 20.8 Å². The van der Waals surface area contributed by atoms with Crippen molar-refractivity contribution in [3.63, 3.8) is 0 Å². The van der Waals surface area contributed by atoms with Gasteiger partial charge in [0.25, 0.3) is 5.91 Å². The Morgan fingerprint density at radius 1 is 0.926 bits per heavy atom. The summed E-state index contributed by atoms with van der Waals surface area (Å²) in [7, 11) is 3.24. The molecule has 3 aromatic carbocycles. The third-order valence-electron chi connectivity index (χ3n) is 5.08. The van der Waals surface area contributed by atoms with Crippen molar-refractivity contribution in [3.05, 3.63) is 65.2 Å². The number of methoxy groups -OCH3 is 2. The Hall–Kier alpha value is -3.21. The van der Waals surface area contributed by atoms with Gasteiger partial charge in [-0.1, -0.05) is 12.1 Å². The second kappa shape index (κ2) is 6.83. The van der Waals surface area contributed by atoms with Crippen molar-refractivity contribution < 1.29 is 19.4 Å². The minimum atomic E-state index is 0.00501. The van der Waals surface area contributed by atoms with E-state index in [-0.39, 0.29) is 11.7 Å². The number of hydrogen-bond acceptors (Lipinski definition) is 4. The van der Waals surface area contributed by atoms with Crippen LogP contribution in [0.5, 0.6) is 17.2 Å². The van der Waals surface area contributed by atoms with Gasteiger partial charge in [-0.05, 0) is 64.7 Å². The quantitative estimate of drug-likeness (QED) is 0.770. The first-order valence-corrected chi connectivity index (χ1v) is 8.85. The lowest BCUT2D eigenvalue weighted by Gasteiger charge is -2.29. The SMILES string of the molecule is COc1cc2c(cc1OC)CN(C(=O)c1ccc3cc(O)ccc3c1)CC2. The molecule has 4 rings (SSSR count). The number of ether oxygens (including phenoxy) is 2. The minimum Gasteiger partial charge on any atom is -0.508 e. The van der Waals surface area contributed by atoms with Crippen molar-refractivity contribution >= 4 is 16.7 Å². The van der Waals surface area contributed by atoms with Crippen LogP contribution in [-0.2, 0) is 13.0 Å². The number of phenols is 1. The summed E-state index contributed by atoms with van der Waals surface area (Å²) in [6.45, 7) is 1.21. The van der Waals surface area contributed by atoms with Crippen LogP contribution in [0.15, 0.2) is 48.5 Å². The van der Waals surface area contributed by atoms with Gasteiger partial charge in [0.1, 0.15) is 5.75 Å². The highest BCUT2D eigenvalue weighted by Crippen LogP contribution is 2.33. The van der Waals surface area contributed by atoms with E-state index in [9.17, 15) is 9.90 Å². The molecule has 0 unspecified atom stereocenters. The van der Waals surface area contributed by atoms with Crippen LogP contribution in [-0.4, -0.2) is 36.7 Å². The van der Waals surface area contributed by atoms with E-state index in [0.29, 0.717) is 30.2 Å². The molecule has 1 aliphatic rings. The lowest BCUT2D eigenvalue weighted by molar-refractivity contribution is 0.0734. The van der Waals surface area contributed by atoms with E-state index in [4.69, 9.17) is 9.47 Å². The molecule has 0 spiro atoms. The lowest BCUT2D eigenvalue weighted by atomic mass is 9.97. The zero-order valence-electron chi connectivity index (χ0n) is 15.4. The smallest absolute Gasteiger partial charge is 0.254 e. The highest BCUT2D eigenvalue weighted by molar-refractivity contribution is 5.99. The number of phenolic OH excluding ortho intramolecular Hbond substituents is 1. The number of rotatable bonds is 3. The van der Waals surface area contributed by atoms with E-state index in [2.05, 4.69) is 0 Å². The average molecular weight is 363 g/mol. The van der Waals surface area contributed by atoms with Crippen LogP contribution in [0.1, 0.15) is 21.5 Å². The Bertz CT molecular complexity index is 1030. The summed E-state index contributed by atoms with van der Waals surface area (Å²) in [5.74, 6) is 1.62. The zero-order chi connectivity index (χ0) is 19.0. The summed E-state index contributed by atoms with van der Waals surface area (Å²) in [6, 6.07) is 14.7. The number of fused-ring (bicyclic) bond motifs is 2. The van der Waals surface area contributed by atoms with Crippen LogP contribution >= 0.6 is 0 Å². The van der Waals surface area contributed by atoms with E-state index in [0.717, 1.165) is 22.8 Å². The van der Waals surface area contributed by atoms with Crippen molar-refractivity contribution in [1.29, 1.82) is 0 Å².